The number of amides is 2. The number of nitrogens with two attached hydrogens (primary N) is 1. The second-order valence-corrected chi connectivity index (χ2v) is 16.1. The minimum atomic E-state index is -1.81. The van der Waals surface area contributed by atoms with Crippen molar-refractivity contribution in [1.82, 2.24) is 14.5 Å². The highest BCUT2D eigenvalue weighted by atomic mass is 16.7. The maximum atomic E-state index is 13.6. The number of anilines is 2. The summed E-state index contributed by atoms with van der Waals surface area (Å²) in [5.41, 5.74) is 9.40. The molecule has 2 aliphatic rings. The third-order valence-corrected chi connectivity index (χ3v) is 11.0. The zero-order valence-corrected chi connectivity index (χ0v) is 39.4. The predicted molar refractivity (Wildman–Crippen MR) is 251 cm³/mol. The molecule has 2 saturated heterocycles. The molecule has 2 aromatic carbocycles. The monoisotopic (exact) mass is 1020 g/mol. The first kappa shape index (κ1) is 57.9. The fraction of sp³-hybridized carbons (Fsp3) is 0.478. The van der Waals surface area contributed by atoms with Gasteiger partial charge in [-0.15, -0.1) is 0 Å². The molecule has 0 aliphatic carbocycles. The minimum Gasteiger partial charge on any atom is -0.479 e. The molecular formula is C46H61N7O19. The van der Waals surface area contributed by atoms with Crippen molar-refractivity contribution in [2.45, 2.75) is 114 Å². The van der Waals surface area contributed by atoms with Gasteiger partial charge in [0.25, 0.3) is 5.91 Å². The molecule has 26 nitrogen and oxygen atoms in total. The number of carboxylic acids is 2. The van der Waals surface area contributed by atoms with Crippen molar-refractivity contribution < 1.29 is 94.0 Å². The van der Waals surface area contributed by atoms with Crippen LogP contribution in [0.2, 0.25) is 0 Å². The molecule has 2 aromatic heterocycles. The Bertz CT molecular complexity index is 2400. The first-order chi connectivity index (χ1) is 34.2. The summed E-state index contributed by atoms with van der Waals surface area (Å²) < 4.78 is 20.8. The average Bonchev–Trinajstić information content (AvgIpc) is 3.68. The van der Waals surface area contributed by atoms with Gasteiger partial charge >= 0.3 is 24.0 Å². The molecule has 6 rings (SSSR count). The Kier molecular flexibility index (Phi) is 22.3. The quantitative estimate of drug-likeness (QED) is 0.0270. The lowest BCUT2D eigenvalue weighted by atomic mass is 9.99. The molecule has 13 N–H and O–H groups in total. The third kappa shape index (κ3) is 15.9. The number of aromatic nitrogens is 3. The van der Waals surface area contributed by atoms with Crippen molar-refractivity contribution in [3.05, 3.63) is 83.8 Å². The largest absolute Gasteiger partial charge is 0.479 e. The normalized spacial score (nSPS) is 23.8. The van der Waals surface area contributed by atoms with Crippen molar-refractivity contribution in [3.63, 3.8) is 0 Å². The molecule has 10 atom stereocenters. The number of nitrogens with zero attached hydrogens (tertiary/aromatic N) is 5. The fourth-order valence-electron chi connectivity index (χ4n) is 6.92. The maximum Gasteiger partial charge on any atom is 0.435 e. The van der Waals surface area contributed by atoms with Gasteiger partial charge in [0.05, 0.1) is 37.2 Å². The van der Waals surface area contributed by atoms with Crippen molar-refractivity contribution in [3.8, 4) is 0 Å². The first-order valence-electron chi connectivity index (χ1n) is 22.6. The van der Waals surface area contributed by atoms with E-state index in [4.69, 9.17) is 71.3 Å². The molecule has 4 heterocycles. The second kappa shape index (κ2) is 27.8. The van der Waals surface area contributed by atoms with Crippen molar-refractivity contribution in [1.29, 1.82) is 0 Å². The summed E-state index contributed by atoms with van der Waals surface area (Å²) in [5, 5.41) is 92.1. The van der Waals surface area contributed by atoms with Gasteiger partial charge in [-0.1, -0.05) is 32.3 Å². The van der Waals surface area contributed by atoms with Gasteiger partial charge in [0.1, 0.15) is 54.1 Å². The number of nitrogens with one attached hydrogen (secondary N) is 1. The van der Waals surface area contributed by atoms with E-state index in [1.54, 1.807) is 55.6 Å². The molecule has 0 spiro atoms. The minimum absolute atomic E-state index is 0.0455. The van der Waals surface area contributed by atoms with Crippen LogP contribution in [0.5, 0.6) is 0 Å². The van der Waals surface area contributed by atoms with E-state index in [0.717, 1.165) is 42.7 Å². The molecule has 0 unspecified atom stereocenters. The van der Waals surface area contributed by atoms with Crippen molar-refractivity contribution in [2.75, 3.05) is 30.0 Å². The molecule has 26 heteroatoms. The smallest absolute Gasteiger partial charge is 0.435 e. The number of aliphatic carboxylic acids is 2. The molecule has 394 valence electrons. The molecule has 2 fully saturated rings. The lowest BCUT2D eigenvalue weighted by Crippen LogP contribution is -2.59. The number of aliphatic imine (C=N–C) groups is 1. The first-order valence-corrected chi connectivity index (χ1v) is 22.6. The van der Waals surface area contributed by atoms with E-state index < -0.39 is 79.4 Å². The van der Waals surface area contributed by atoms with Crippen LogP contribution >= 0.6 is 0 Å². The number of carbonyl (C=O) groups excluding carboxylic acids is 3. The molecule has 0 saturated carbocycles. The molecular weight excluding hydrogens is 955 g/mol. The maximum absolute atomic E-state index is 13.6. The highest BCUT2D eigenvalue weighted by Gasteiger charge is 2.47. The molecule has 2 aliphatic heterocycles. The van der Waals surface area contributed by atoms with E-state index in [1.165, 1.54) is 4.90 Å². The number of carboxylic acid groups (broad SMARTS) is 2. The summed E-state index contributed by atoms with van der Waals surface area (Å²) in [7, 11) is 1.91. The van der Waals surface area contributed by atoms with Crippen LogP contribution in [0.25, 0.3) is 11.0 Å². The zero-order valence-electron chi connectivity index (χ0n) is 39.4. The Morgan fingerprint density at radius 2 is 1.36 bits per heavy atom. The molecule has 0 radical (unpaired) electrons. The van der Waals surface area contributed by atoms with Crippen LogP contribution in [0, 0.1) is 0 Å². The Labute approximate surface area is 411 Å². The van der Waals surface area contributed by atoms with Crippen LogP contribution in [-0.4, -0.2) is 183 Å². The number of benzene rings is 2. The number of imidazole rings is 1. The van der Waals surface area contributed by atoms with Gasteiger partial charge in [0.15, 0.2) is 24.8 Å². The van der Waals surface area contributed by atoms with Gasteiger partial charge in [-0.3, -0.25) is 14.5 Å². The Balaban J connectivity index is 0.000000349. The summed E-state index contributed by atoms with van der Waals surface area (Å²) in [6.45, 7) is 5.02. The summed E-state index contributed by atoms with van der Waals surface area (Å²) >= 11 is 0. The highest BCUT2D eigenvalue weighted by molar-refractivity contribution is 6.07. The van der Waals surface area contributed by atoms with E-state index in [2.05, 4.69) is 31.7 Å². The van der Waals surface area contributed by atoms with Gasteiger partial charge < -0.3 is 85.6 Å². The van der Waals surface area contributed by atoms with Gasteiger partial charge in [-0.05, 0) is 67.9 Å². The fourth-order valence-corrected chi connectivity index (χ4v) is 6.92. The van der Waals surface area contributed by atoms with Gasteiger partial charge in [0, 0.05) is 36.6 Å². The van der Waals surface area contributed by atoms with Crippen molar-refractivity contribution in [2.24, 2.45) is 17.8 Å². The topological polar surface area (TPSA) is 409 Å². The number of hydrogen-bond donors (Lipinski definition) is 12. The van der Waals surface area contributed by atoms with Crippen molar-refractivity contribution >= 4 is 58.3 Å². The van der Waals surface area contributed by atoms with Crippen LogP contribution < -0.4 is 16.0 Å². The standard InChI is InChI=1S/C34H41N7O5.2C6H10O7/c1-4-6-7-10-21-46-34(44)39-32(35)24-12-15-26(16-13-24)37-23-30-38-27-22-25(14-17-28(27)40(30)3)33(43)41(20-18-31(42)45-5-2)29-11-8-9-19-36-29;2*7-1-2(8)4(5(10)11)13-6(12)3(1)9/h8-9,11-17,19,22,37H,4-7,10,18,20-21,23H2,1-3H3,(H2,35,39,44);2*1-4,6-9,12H,(H,10,11)/t;2*1-,2-,3+,4-,6+/m.00/s1. The van der Waals surface area contributed by atoms with Crippen LogP contribution in [0.3, 0.4) is 0 Å². The van der Waals surface area contributed by atoms with E-state index >= 15 is 0 Å². The summed E-state index contributed by atoms with van der Waals surface area (Å²) in [5.74, 6) is -2.41. The lowest BCUT2D eigenvalue weighted by molar-refractivity contribution is -0.279. The number of amidine groups is 1. The van der Waals surface area contributed by atoms with Crippen LogP contribution in [0.1, 0.15) is 67.7 Å². The number of rotatable bonds is 17. The van der Waals surface area contributed by atoms with E-state index in [9.17, 15) is 24.0 Å². The Hall–Kier alpha value is -6.72. The Morgan fingerprint density at radius 3 is 1.90 bits per heavy atom. The summed E-state index contributed by atoms with van der Waals surface area (Å²) in [4.78, 5) is 72.8. The zero-order chi connectivity index (χ0) is 53.2. The second-order valence-electron chi connectivity index (χ2n) is 16.1. The molecule has 72 heavy (non-hydrogen) atoms. The van der Waals surface area contributed by atoms with Crippen LogP contribution in [0.4, 0.5) is 16.3 Å². The van der Waals surface area contributed by atoms with Gasteiger partial charge in [0.2, 0.25) is 0 Å². The number of carbonyl (C=O) groups is 5. The lowest BCUT2D eigenvalue weighted by Gasteiger charge is -2.36. The van der Waals surface area contributed by atoms with Crippen LogP contribution in [0.15, 0.2) is 71.9 Å². The third-order valence-electron chi connectivity index (χ3n) is 11.0. The average molecular weight is 1020 g/mol. The number of unbranched alkanes of at least 4 members (excludes halogenated alkanes) is 3. The Morgan fingerprint density at radius 1 is 0.764 bits per heavy atom. The number of fused-ring (bicyclic) bond motifs is 1. The number of aliphatic hydroxyl groups excluding tert-OH is 8. The molecule has 4 aromatic rings. The summed E-state index contributed by atoms with van der Waals surface area (Å²) in [6, 6.07) is 17.9. The molecule has 0 bridgehead atoms. The van der Waals surface area contributed by atoms with Gasteiger partial charge in [-0.2, -0.15) is 4.99 Å². The number of hydrogen-bond acceptors (Lipinski definition) is 20. The number of aryl methyl sites for hydroxylation is 1. The highest BCUT2D eigenvalue weighted by Crippen LogP contribution is 2.23. The van der Waals surface area contributed by atoms with E-state index in [0.29, 0.717) is 35.6 Å². The van der Waals surface area contributed by atoms with E-state index in [1.807, 2.05) is 29.8 Å². The number of aliphatic hydroxyl groups is 8. The summed E-state index contributed by atoms with van der Waals surface area (Å²) in [6.07, 6.45) is -12.5. The van der Waals surface area contributed by atoms with Gasteiger partial charge in [-0.25, -0.2) is 24.4 Å². The number of esters is 1. The van der Waals surface area contributed by atoms with E-state index in [-0.39, 0.29) is 37.3 Å². The number of pyridine rings is 1. The van der Waals surface area contributed by atoms with Crippen LogP contribution in [-0.2, 0) is 46.9 Å². The SMILES string of the molecule is CCCCCCOC(=O)/N=C(/N)c1ccc(NCc2nc3cc(C(=O)N(CCC(=O)OCC)c4ccccn4)ccc3n2C)cc1.O=C(O)[C@H]1O[C@@H](O)[C@H](O)[C@@H](O)[C@@H]1O.O=C(O)[C@H]1O[C@@H](O)[C@H](O)[C@@H](O)[C@@H]1O. The molecule has 2 amide bonds. The number of ether oxygens (including phenoxy) is 4. The predicted octanol–water partition coefficient (Wildman–Crippen LogP) is -0.656.